The van der Waals surface area contributed by atoms with Crippen LogP contribution >= 0.6 is 11.5 Å². The smallest absolute Gasteiger partial charge is 0.0840 e. The van der Waals surface area contributed by atoms with Crippen LogP contribution in [0.15, 0.2) is 18.2 Å². The molecular weight excluding hydrogens is 232 g/mol. The number of nitrogens with one attached hydrogen (secondary N) is 1. The first-order valence-electron chi connectivity index (χ1n) is 5.46. The Morgan fingerprint density at radius 2 is 2.06 bits per heavy atom. The molecule has 5 heteroatoms. The number of nitrogens with two attached hydrogens (primary N) is 1. The maximum absolute atomic E-state index is 5.68. The van der Waals surface area contributed by atoms with Crippen LogP contribution in [-0.4, -0.2) is 9.59 Å². The van der Waals surface area contributed by atoms with Gasteiger partial charge in [0.1, 0.15) is 0 Å². The second-order valence-corrected chi connectivity index (χ2v) is 4.90. The lowest BCUT2D eigenvalue weighted by molar-refractivity contribution is 0.638. The van der Waals surface area contributed by atoms with Gasteiger partial charge in [0.2, 0.25) is 0 Å². The number of aromatic nitrogens is 2. The van der Waals surface area contributed by atoms with Gasteiger partial charge < -0.3 is 0 Å². The van der Waals surface area contributed by atoms with E-state index in [1.807, 2.05) is 13.0 Å². The van der Waals surface area contributed by atoms with Crippen LogP contribution in [-0.2, 0) is 0 Å². The summed E-state index contributed by atoms with van der Waals surface area (Å²) in [5.41, 5.74) is 7.49. The molecule has 1 unspecified atom stereocenters. The van der Waals surface area contributed by atoms with E-state index in [-0.39, 0.29) is 6.04 Å². The average Bonchev–Trinajstić information content (AvgIpc) is 2.72. The first-order valence-corrected chi connectivity index (χ1v) is 6.23. The van der Waals surface area contributed by atoms with Crippen molar-refractivity contribution < 1.29 is 0 Å². The summed E-state index contributed by atoms with van der Waals surface area (Å²) < 4.78 is 3.96. The van der Waals surface area contributed by atoms with Crippen molar-refractivity contribution in [1.82, 2.24) is 15.0 Å². The maximum Gasteiger partial charge on any atom is 0.0840 e. The zero-order valence-electron chi connectivity index (χ0n) is 10.2. The fraction of sp³-hybridized carbons (Fsp3) is 0.333. The van der Waals surface area contributed by atoms with Gasteiger partial charge in [-0.3, -0.25) is 5.84 Å². The average molecular weight is 248 g/mol. The summed E-state index contributed by atoms with van der Waals surface area (Å²) in [6, 6.07) is 6.21. The van der Waals surface area contributed by atoms with E-state index in [0.29, 0.717) is 0 Å². The van der Waals surface area contributed by atoms with Crippen molar-refractivity contribution in [3.05, 3.63) is 45.5 Å². The van der Waals surface area contributed by atoms with E-state index >= 15 is 0 Å². The highest BCUT2D eigenvalue weighted by Gasteiger charge is 2.19. The predicted octanol–water partition coefficient (Wildman–Crippen LogP) is 2.02. The number of benzene rings is 1. The number of hydrazine groups is 1. The minimum Gasteiger partial charge on any atom is -0.271 e. The first kappa shape index (κ1) is 12.2. The van der Waals surface area contributed by atoms with Crippen LogP contribution in [0.2, 0.25) is 0 Å². The van der Waals surface area contributed by atoms with Crippen molar-refractivity contribution in [1.29, 1.82) is 0 Å². The van der Waals surface area contributed by atoms with Crippen LogP contribution in [0.25, 0.3) is 0 Å². The van der Waals surface area contributed by atoms with Gasteiger partial charge in [0.25, 0.3) is 0 Å². The van der Waals surface area contributed by atoms with E-state index in [2.05, 4.69) is 41.0 Å². The predicted molar refractivity (Wildman–Crippen MR) is 69.7 cm³/mol. The molecular formula is C12H16N4S. The molecule has 4 nitrogen and oxygen atoms in total. The monoisotopic (exact) mass is 248 g/mol. The van der Waals surface area contributed by atoms with Crippen LogP contribution < -0.4 is 11.3 Å². The van der Waals surface area contributed by atoms with Crippen LogP contribution in [0.1, 0.15) is 33.3 Å². The summed E-state index contributed by atoms with van der Waals surface area (Å²) in [4.78, 5) is 1.07. The molecule has 0 fully saturated rings. The van der Waals surface area contributed by atoms with Crippen molar-refractivity contribution >= 4 is 11.5 Å². The molecule has 0 amide bonds. The van der Waals surface area contributed by atoms with E-state index in [4.69, 9.17) is 5.84 Å². The van der Waals surface area contributed by atoms with Gasteiger partial charge in [-0.25, -0.2) is 5.43 Å². The lowest BCUT2D eigenvalue weighted by atomic mass is 9.96. The molecule has 1 heterocycles. The SMILES string of the molecule is Cc1cccc(C(NN)c2snnc2C)c1C. The van der Waals surface area contributed by atoms with Crippen LogP contribution in [0, 0.1) is 20.8 Å². The van der Waals surface area contributed by atoms with Gasteiger partial charge >= 0.3 is 0 Å². The Labute approximate surface area is 105 Å². The molecule has 1 atom stereocenters. The summed E-state index contributed by atoms with van der Waals surface area (Å²) in [6.45, 7) is 6.16. The number of hydrogen-bond acceptors (Lipinski definition) is 5. The molecule has 0 radical (unpaired) electrons. The fourth-order valence-corrected chi connectivity index (χ4v) is 2.62. The van der Waals surface area contributed by atoms with E-state index in [1.54, 1.807) is 0 Å². The highest BCUT2D eigenvalue weighted by Crippen LogP contribution is 2.29. The van der Waals surface area contributed by atoms with Gasteiger partial charge in [0, 0.05) is 0 Å². The zero-order valence-corrected chi connectivity index (χ0v) is 11.0. The molecule has 3 N–H and O–H groups in total. The molecule has 2 aromatic rings. The van der Waals surface area contributed by atoms with Crippen LogP contribution in [0.5, 0.6) is 0 Å². The summed E-state index contributed by atoms with van der Waals surface area (Å²) in [5, 5.41) is 4.04. The molecule has 0 aliphatic rings. The normalized spacial score (nSPS) is 12.7. The van der Waals surface area contributed by atoms with E-state index in [1.165, 1.54) is 28.2 Å². The lowest BCUT2D eigenvalue weighted by Crippen LogP contribution is -2.29. The minimum atomic E-state index is -0.0325. The lowest BCUT2D eigenvalue weighted by Gasteiger charge is -2.18. The van der Waals surface area contributed by atoms with Gasteiger partial charge in [-0.15, -0.1) is 5.10 Å². The topological polar surface area (TPSA) is 63.8 Å². The van der Waals surface area contributed by atoms with Crippen molar-refractivity contribution in [2.24, 2.45) is 5.84 Å². The van der Waals surface area contributed by atoms with Crippen molar-refractivity contribution in [3.63, 3.8) is 0 Å². The van der Waals surface area contributed by atoms with Crippen molar-refractivity contribution in [2.75, 3.05) is 0 Å². The highest BCUT2D eigenvalue weighted by molar-refractivity contribution is 7.05. The Hall–Kier alpha value is -1.30. The fourth-order valence-electron chi connectivity index (χ4n) is 1.90. The molecule has 2 rings (SSSR count). The van der Waals surface area contributed by atoms with Gasteiger partial charge in [0.05, 0.1) is 16.6 Å². The molecule has 1 aromatic heterocycles. The molecule has 0 aliphatic carbocycles. The Kier molecular flexibility index (Phi) is 3.51. The summed E-state index contributed by atoms with van der Waals surface area (Å²) >= 11 is 1.39. The Morgan fingerprint density at radius 1 is 1.29 bits per heavy atom. The quantitative estimate of drug-likeness (QED) is 0.644. The molecule has 0 aliphatic heterocycles. The minimum absolute atomic E-state index is 0.0325. The molecule has 1 aromatic carbocycles. The second kappa shape index (κ2) is 4.91. The van der Waals surface area contributed by atoms with Gasteiger partial charge in [-0.05, 0) is 49.0 Å². The molecule has 0 spiro atoms. The van der Waals surface area contributed by atoms with Crippen molar-refractivity contribution in [2.45, 2.75) is 26.8 Å². The summed E-state index contributed by atoms with van der Waals surface area (Å²) in [7, 11) is 0. The Balaban J connectivity index is 2.50. The Morgan fingerprint density at radius 3 is 2.65 bits per heavy atom. The van der Waals surface area contributed by atoms with E-state index < -0.39 is 0 Å². The highest BCUT2D eigenvalue weighted by atomic mass is 32.1. The number of hydrogen-bond donors (Lipinski definition) is 2. The maximum atomic E-state index is 5.68. The molecule has 90 valence electrons. The van der Waals surface area contributed by atoms with Gasteiger partial charge in [-0.1, -0.05) is 22.7 Å². The number of rotatable bonds is 3. The standard InChI is InChI=1S/C12H16N4S/c1-7-5-4-6-10(8(7)2)11(14-13)12-9(3)15-16-17-12/h4-6,11,14H,13H2,1-3H3. The third-order valence-corrected chi connectivity index (χ3v) is 3.96. The molecule has 0 saturated carbocycles. The van der Waals surface area contributed by atoms with Crippen LogP contribution in [0.3, 0.4) is 0 Å². The molecule has 0 bridgehead atoms. The molecule has 17 heavy (non-hydrogen) atoms. The van der Waals surface area contributed by atoms with Gasteiger partial charge in [0.15, 0.2) is 0 Å². The third kappa shape index (κ3) is 2.22. The number of nitrogens with zero attached hydrogens (tertiary/aromatic N) is 2. The largest absolute Gasteiger partial charge is 0.271 e. The molecule has 0 saturated heterocycles. The van der Waals surface area contributed by atoms with Crippen molar-refractivity contribution in [3.8, 4) is 0 Å². The summed E-state index contributed by atoms with van der Waals surface area (Å²) in [6.07, 6.45) is 0. The number of aryl methyl sites for hydroxylation is 2. The van der Waals surface area contributed by atoms with E-state index in [0.717, 1.165) is 10.6 Å². The van der Waals surface area contributed by atoms with Gasteiger partial charge in [-0.2, -0.15) is 0 Å². The summed E-state index contributed by atoms with van der Waals surface area (Å²) in [5.74, 6) is 5.68. The van der Waals surface area contributed by atoms with E-state index in [9.17, 15) is 0 Å². The van der Waals surface area contributed by atoms with Crippen LogP contribution in [0.4, 0.5) is 0 Å². The zero-order chi connectivity index (χ0) is 12.4. The Bertz CT molecular complexity index is 521. The second-order valence-electron chi connectivity index (χ2n) is 4.11. The third-order valence-electron chi connectivity index (χ3n) is 3.07. The first-order chi connectivity index (χ1) is 8.15.